The van der Waals surface area contributed by atoms with Crippen LogP contribution in [0.15, 0.2) is 36.7 Å². The molecule has 0 bridgehead atoms. The molecular weight excluding hydrogens is 414 g/mol. The first-order valence-electron chi connectivity index (χ1n) is 7.73. The smallest absolute Gasteiger partial charge is 0.399 e. The minimum absolute atomic E-state index is 0.260. The number of hydrogen-bond donors (Lipinski definition) is 1. The Bertz CT molecular complexity index is 1040. The van der Waals surface area contributed by atoms with Crippen molar-refractivity contribution in [3.8, 4) is 16.9 Å². The number of nitrogens with zero attached hydrogens (tertiary/aromatic N) is 4. The van der Waals surface area contributed by atoms with E-state index >= 15 is 0 Å². The predicted octanol–water partition coefficient (Wildman–Crippen LogP) is 4.53. The van der Waals surface area contributed by atoms with Gasteiger partial charge in [-0.15, -0.1) is 0 Å². The minimum atomic E-state index is -6.27. The number of aryl methyl sites for hydroxylation is 1. The number of nitrogen functional groups attached to an aromatic ring is 1. The molecule has 0 aliphatic rings. The molecule has 0 aliphatic heterocycles. The maximum atomic E-state index is 13.7. The summed E-state index contributed by atoms with van der Waals surface area (Å²) in [5.41, 5.74) is 2.01. The monoisotopic (exact) mass is 425 g/mol. The molecule has 29 heavy (non-hydrogen) atoms. The fourth-order valence-electron chi connectivity index (χ4n) is 2.70. The molecule has 0 fully saturated rings. The highest BCUT2D eigenvalue weighted by Crippen LogP contribution is 2.49. The molecule has 3 rings (SSSR count). The van der Waals surface area contributed by atoms with Crippen LogP contribution in [-0.4, -0.2) is 25.7 Å². The van der Waals surface area contributed by atoms with Crippen LogP contribution >= 0.6 is 0 Å². The Hall–Kier alpha value is -3.12. The molecule has 1 aromatic carbocycles. The minimum Gasteiger partial charge on any atom is -0.399 e. The van der Waals surface area contributed by atoms with Crippen LogP contribution in [0.3, 0.4) is 0 Å². The van der Waals surface area contributed by atoms with Gasteiger partial charge in [-0.25, -0.2) is 9.36 Å². The molecule has 3 aromatic rings. The third-order valence-electron chi connectivity index (χ3n) is 3.97. The van der Waals surface area contributed by atoms with Crippen molar-refractivity contribution in [1.29, 1.82) is 0 Å². The van der Waals surface area contributed by atoms with E-state index in [1.807, 2.05) is 0 Å². The Morgan fingerprint density at radius 3 is 2.17 bits per heavy atom. The summed E-state index contributed by atoms with van der Waals surface area (Å²) in [5, 5.41) is 6.51. The standard InChI is InChI=1S/C16H11F8N5/c1-28-13(29-7-9(6-26-29)8-3-2-4-10(25)5-8)11(15(19,20)21)12(27-28)14(17,18)16(22,23)24/h2-7H,25H2,1H3. The van der Waals surface area contributed by atoms with Gasteiger partial charge in [0.2, 0.25) is 0 Å². The lowest BCUT2D eigenvalue weighted by atomic mass is 10.1. The third kappa shape index (κ3) is 3.51. The van der Waals surface area contributed by atoms with Gasteiger partial charge in [0.25, 0.3) is 0 Å². The van der Waals surface area contributed by atoms with Gasteiger partial charge in [-0.3, -0.25) is 0 Å². The molecule has 0 saturated carbocycles. The van der Waals surface area contributed by atoms with Gasteiger partial charge in [0.15, 0.2) is 11.5 Å². The number of alkyl halides is 8. The summed E-state index contributed by atoms with van der Waals surface area (Å²) in [4.78, 5) is 0. The van der Waals surface area contributed by atoms with Gasteiger partial charge in [-0.05, 0) is 17.7 Å². The largest absolute Gasteiger partial charge is 0.459 e. The summed E-state index contributed by atoms with van der Waals surface area (Å²) >= 11 is 0. The van der Waals surface area contributed by atoms with Crippen LogP contribution in [0.5, 0.6) is 0 Å². The van der Waals surface area contributed by atoms with Crippen LogP contribution in [0.25, 0.3) is 16.9 Å². The van der Waals surface area contributed by atoms with Crippen LogP contribution in [0.2, 0.25) is 0 Å². The molecule has 0 atom stereocenters. The quantitative estimate of drug-likeness (QED) is 0.496. The second-order valence-electron chi connectivity index (χ2n) is 6.04. The number of anilines is 1. The van der Waals surface area contributed by atoms with Crippen LogP contribution in [0.4, 0.5) is 40.8 Å². The Balaban J connectivity index is 2.21. The number of nitrogens with two attached hydrogens (primary N) is 1. The van der Waals surface area contributed by atoms with Gasteiger partial charge in [0.1, 0.15) is 5.56 Å². The zero-order valence-electron chi connectivity index (χ0n) is 14.4. The number of benzene rings is 1. The summed E-state index contributed by atoms with van der Waals surface area (Å²) in [6, 6.07) is 6.17. The molecule has 2 N–H and O–H groups in total. The second-order valence-corrected chi connectivity index (χ2v) is 6.04. The molecule has 2 aromatic heterocycles. The Morgan fingerprint density at radius 1 is 0.966 bits per heavy atom. The van der Waals surface area contributed by atoms with E-state index in [0.29, 0.717) is 15.9 Å². The van der Waals surface area contributed by atoms with E-state index < -0.39 is 35.4 Å². The summed E-state index contributed by atoms with van der Waals surface area (Å²) in [7, 11) is 0.808. The topological polar surface area (TPSA) is 61.7 Å². The van der Waals surface area contributed by atoms with Crippen molar-refractivity contribution in [1.82, 2.24) is 19.6 Å². The lowest BCUT2D eigenvalue weighted by Gasteiger charge is -2.19. The lowest BCUT2D eigenvalue weighted by Crippen LogP contribution is -2.36. The van der Waals surface area contributed by atoms with E-state index in [4.69, 9.17) is 5.73 Å². The second kappa shape index (κ2) is 6.46. The van der Waals surface area contributed by atoms with E-state index in [-0.39, 0.29) is 10.2 Å². The molecule has 0 aliphatic carbocycles. The van der Waals surface area contributed by atoms with Crippen LogP contribution in [0, 0.1) is 0 Å². The number of rotatable bonds is 3. The summed E-state index contributed by atoms with van der Waals surface area (Å²) in [6.45, 7) is 0. The Labute approximate surface area is 157 Å². The maximum Gasteiger partial charge on any atom is 0.459 e. The van der Waals surface area contributed by atoms with E-state index in [9.17, 15) is 35.1 Å². The number of aromatic nitrogens is 4. The van der Waals surface area contributed by atoms with Gasteiger partial charge >= 0.3 is 18.3 Å². The zero-order valence-corrected chi connectivity index (χ0v) is 14.4. The van der Waals surface area contributed by atoms with Gasteiger partial charge in [0.05, 0.1) is 6.20 Å². The summed E-state index contributed by atoms with van der Waals surface area (Å²) in [6.07, 6.45) is -9.67. The first-order chi connectivity index (χ1) is 13.2. The highest BCUT2D eigenvalue weighted by molar-refractivity contribution is 5.66. The molecule has 0 amide bonds. The molecule has 2 heterocycles. The SMILES string of the molecule is Cn1nc(C(F)(F)C(F)(F)F)c(C(F)(F)F)c1-n1cc(-c2cccc(N)c2)cn1. The van der Waals surface area contributed by atoms with Crippen LogP contribution < -0.4 is 5.73 Å². The molecule has 5 nitrogen and oxygen atoms in total. The average molecular weight is 425 g/mol. The van der Waals surface area contributed by atoms with Crippen molar-refractivity contribution < 1.29 is 35.1 Å². The van der Waals surface area contributed by atoms with E-state index in [1.165, 1.54) is 6.07 Å². The molecule has 13 heteroatoms. The van der Waals surface area contributed by atoms with E-state index in [1.54, 1.807) is 18.2 Å². The van der Waals surface area contributed by atoms with Gasteiger partial charge in [-0.1, -0.05) is 12.1 Å². The zero-order chi connectivity index (χ0) is 21.8. The van der Waals surface area contributed by atoms with Crippen molar-refractivity contribution in [2.45, 2.75) is 18.3 Å². The number of hydrogen-bond acceptors (Lipinski definition) is 3. The van der Waals surface area contributed by atoms with E-state index in [2.05, 4.69) is 10.2 Å². The Kier molecular flexibility index (Phi) is 4.59. The average Bonchev–Trinajstić information content (AvgIpc) is 3.17. The molecule has 0 spiro atoms. The van der Waals surface area contributed by atoms with Crippen molar-refractivity contribution in [3.05, 3.63) is 47.9 Å². The van der Waals surface area contributed by atoms with Crippen molar-refractivity contribution in [2.24, 2.45) is 7.05 Å². The fourth-order valence-corrected chi connectivity index (χ4v) is 2.70. The number of halogens is 8. The van der Waals surface area contributed by atoms with Gasteiger partial charge in [-0.2, -0.15) is 45.3 Å². The summed E-state index contributed by atoms with van der Waals surface area (Å²) in [5.74, 6) is -6.91. The normalized spacial score (nSPS) is 13.1. The molecule has 0 radical (unpaired) electrons. The van der Waals surface area contributed by atoms with Crippen LogP contribution in [0.1, 0.15) is 11.3 Å². The molecule has 0 saturated heterocycles. The van der Waals surface area contributed by atoms with Crippen LogP contribution in [-0.2, 0) is 19.1 Å². The van der Waals surface area contributed by atoms with Crippen molar-refractivity contribution in [3.63, 3.8) is 0 Å². The Morgan fingerprint density at radius 2 is 1.62 bits per heavy atom. The highest BCUT2D eigenvalue weighted by atomic mass is 19.4. The van der Waals surface area contributed by atoms with Gasteiger partial charge in [0, 0.05) is 24.5 Å². The predicted molar refractivity (Wildman–Crippen MR) is 85.1 cm³/mol. The molecular formula is C16H11F8N5. The fraction of sp³-hybridized carbons (Fsp3) is 0.250. The first-order valence-corrected chi connectivity index (χ1v) is 7.73. The summed E-state index contributed by atoms with van der Waals surface area (Å²) < 4.78 is 107. The van der Waals surface area contributed by atoms with Crippen molar-refractivity contribution >= 4 is 5.69 Å². The van der Waals surface area contributed by atoms with E-state index in [0.717, 1.165) is 19.4 Å². The maximum absolute atomic E-state index is 13.7. The highest BCUT2D eigenvalue weighted by Gasteiger charge is 2.64. The lowest BCUT2D eigenvalue weighted by molar-refractivity contribution is -0.292. The first kappa shape index (κ1) is 20.6. The third-order valence-corrected chi connectivity index (χ3v) is 3.97. The van der Waals surface area contributed by atoms with Crippen molar-refractivity contribution in [2.75, 3.05) is 5.73 Å². The molecule has 0 unspecified atom stereocenters. The van der Waals surface area contributed by atoms with Gasteiger partial charge < -0.3 is 5.73 Å². The molecule has 156 valence electrons.